The van der Waals surface area contributed by atoms with Crippen LogP contribution in [-0.4, -0.2) is 19.2 Å². The summed E-state index contributed by atoms with van der Waals surface area (Å²) in [4.78, 5) is 3.88. The lowest BCUT2D eigenvalue weighted by Gasteiger charge is -2.00. The smallest absolute Gasteiger partial charge is 0.179 e. The fourth-order valence-electron chi connectivity index (χ4n) is 1.02. The Hall–Kier alpha value is -1.41. The van der Waals surface area contributed by atoms with Gasteiger partial charge in [0.05, 0.1) is 10.6 Å². The van der Waals surface area contributed by atoms with Crippen LogP contribution in [0.5, 0.6) is 0 Å². The standard InChI is InChI=1S/C9H10N2O2S/c1-2-5-14(12,13)9-4-3-8(6-10)11-7-9/h3-4,7H,2,5H2,1H3. The highest BCUT2D eigenvalue weighted by Gasteiger charge is 2.12. The van der Waals surface area contributed by atoms with E-state index in [9.17, 15) is 8.42 Å². The summed E-state index contributed by atoms with van der Waals surface area (Å²) >= 11 is 0. The molecule has 0 fully saturated rings. The number of hydrogen-bond donors (Lipinski definition) is 0. The largest absolute Gasteiger partial charge is 0.244 e. The number of aromatic nitrogens is 1. The Morgan fingerprint density at radius 2 is 2.21 bits per heavy atom. The molecule has 0 aliphatic heterocycles. The molecule has 0 spiro atoms. The van der Waals surface area contributed by atoms with Crippen molar-refractivity contribution in [3.8, 4) is 6.07 Å². The van der Waals surface area contributed by atoms with Gasteiger partial charge in [0.1, 0.15) is 11.8 Å². The van der Waals surface area contributed by atoms with Gasteiger partial charge in [-0.2, -0.15) is 5.26 Å². The highest BCUT2D eigenvalue weighted by Crippen LogP contribution is 2.10. The summed E-state index contributed by atoms with van der Waals surface area (Å²) in [6, 6.07) is 4.65. The van der Waals surface area contributed by atoms with E-state index in [1.165, 1.54) is 18.3 Å². The average Bonchev–Trinajstić information content (AvgIpc) is 2.18. The van der Waals surface area contributed by atoms with Gasteiger partial charge in [0.15, 0.2) is 9.84 Å². The van der Waals surface area contributed by atoms with Crippen molar-refractivity contribution in [1.82, 2.24) is 4.98 Å². The van der Waals surface area contributed by atoms with E-state index in [0.717, 1.165) is 0 Å². The lowest BCUT2D eigenvalue weighted by atomic mass is 10.4. The van der Waals surface area contributed by atoms with Crippen LogP contribution in [0.4, 0.5) is 0 Å². The Morgan fingerprint density at radius 1 is 1.50 bits per heavy atom. The molecular formula is C9H10N2O2S. The third kappa shape index (κ3) is 2.30. The van der Waals surface area contributed by atoms with Crippen molar-refractivity contribution >= 4 is 9.84 Å². The van der Waals surface area contributed by atoms with Gasteiger partial charge >= 0.3 is 0 Å². The van der Waals surface area contributed by atoms with Crippen LogP contribution >= 0.6 is 0 Å². The van der Waals surface area contributed by atoms with Gasteiger partial charge in [0.25, 0.3) is 0 Å². The third-order valence-electron chi connectivity index (χ3n) is 1.68. The molecule has 4 nitrogen and oxygen atoms in total. The molecule has 14 heavy (non-hydrogen) atoms. The minimum absolute atomic E-state index is 0.112. The molecule has 1 aromatic heterocycles. The summed E-state index contributed by atoms with van der Waals surface area (Å²) in [6.45, 7) is 1.80. The van der Waals surface area contributed by atoms with Crippen molar-refractivity contribution in [2.45, 2.75) is 18.2 Å². The van der Waals surface area contributed by atoms with Gasteiger partial charge < -0.3 is 0 Å². The van der Waals surface area contributed by atoms with Crippen LogP contribution in [-0.2, 0) is 9.84 Å². The van der Waals surface area contributed by atoms with Gasteiger partial charge in [0.2, 0.25) is 0 Å². The van der Waals surface area contributed by atoms with E-state index in [1.54, 1.807) is 6.92 Å². The van der Waals surface area contributed by atoms with Gasteiger partial charge in [0, 0.05) is 6.20 Å². The number of nitriles is 1. The van der Waals surface area contributed by atoms with E-state index in [1.807, 2.05) is 6.07 Å². The zero-order chi connectivity index (χ0) is 10.6. The molecule has 0 aromatic carbocycles. The van der Waals surface area contributed by atoms with Crippen molar-refractivity contribution in [2.75, 3.05) is 5.75 Å². The minimum Gasteiger partial charge on any atom is -0.244 e. The summed E-state index contributed by atoms with van der Waals surface area (Å²) in [5, 5.41) is 8.47. The predicted octanol–water partition coefficient (Wildman–Crippen LogP) is 1.14. The summed E-state index contributed by atoms with van der Waals surface area (Å²) in [5.41, 5.74) is 0.223. The number of nitrogens with zero attached hydrogens (tertiary/aromatic N) is 2. The van der Waals surface area contributed by atoms with Gasteiger partial charge in [-0.3, -0.25) is 0 Å². The Labute approximate surface area is 83.1 Å². The average molecular weight is 210 g/mol. The molecule has 0 aliphatic rings. The molecule has 0 radical (unpaired) electrons. The molecule has 0 saturated carbocycles. The van der Waals surface area contributed by atoms with Crippen molar-refractivity contribution in [3.05, 3.63) is 24.0 Å². The molecule has 0 unspecified atom stereocenters. The number of pyridine rings is 1. The molecule has 5 heteroatoms. The van der Waals surface area contributed by atoms with Crippen LogP contribution in [0.3, 0.4) is 0 Å². The molecule has 0 atom stereocenters. The van der Waals surface area contributed by atoms with Crippen molar-refractivity contribution in [1.29, 1.82) is 5.26 Å². The predicted molar refractivity (Wildman–Crippen MR) is 51.3 cm³/mol. The Morgan fingerprint density at radius 3 is 2.64 bits per heavy atom. The fourth-order valence-corrected chi connectivity index (χ4v) is 2.28. The van der Waals surface area contributed by atoms with Gasteiger partial charge in [-0.15, -0.1) is 0 Å². The van der Waals surface area contributed by atoms with Gasteiger partial charge in [-0.1, -0.05) is 6.92 Å². The zero-order valence-corrected chi connectivity index (χ0v) is 8.58. The third-order valence-corrected chi connectivity index (χ3v) is 3.59. The highest BCUT2D eigenvalue weighted by molar-refractivity contribution is 7.91. The maximum atomic E-state index is 11.5. The van der Waals surface area contributed by atoms with Crippen LogP contribution in [0.15, 0.2) is 23.2 Å². The maximum Gasteiger partial charge on any atom is 0.179 e. The van der Waals surface area contributed by atoms with Gasteiger partial charge in [-0.25, -0.2) is 13.4 Å². The lowest BCUT2D eigenvalue weighted by molar-refractivity contribution is 0.594. The first kappa shape index (κ1) is 10.7. The van der Waals surface area contributed by atoms with Crippen LogP contribution in [0.1, 0.15) is 19.0 Å². The first-order chi connectivity index (χ1) is 6.60. The molecule has 0 amide bonds. The Kier molecular flexibility index (Phi) is 3.20. The first-order valence-electron chi connectivity index (χ1n) is 4.19. The minimum atomic E-state index is -3.21. The molecule has 1 rings (SSSR count). The summed E-state index contributed by atoms with van der Waals surface area (Å²) in [6.07, 6.45) is 1.80. The monoisotopic (exact) mass is 210 g/mol. The molecule has 0 bridgehead atoms. The highest BCUT2D eigenvalue weighted by atomic mass is 32.2. The normalized spacial score (nSPS) is 10.9. The molecular weight excluding hydrogens is 200 g/mol. The summed E-state index contributed by atoms with van der Waals surface area (Å²) in [7, 11) is -3.21. The number of rotatable bonds is 3. The van der Waals surface area contributed by atoms with Crippen molar-refractivity contribution in [3.63, 3.8) is 0 Å². The molecule has 0 N–H and O–H groups in total. The number of sulfone groups is 1. The topological polar surface area (TPSA) is 70.8 Å². The van der Waals surface area contributed by atoms with Crippen LogP contribution in [0, 0.1) is 11.3 Å². The van der Waals surface area contributed by atoms with E-state index < -0.39 is 9.84 Å². The molecule has 74 valence electrons. The zero-order valence-electron chi connectivity index (χ0n) is 7.77. The molecule has 1 aromatic rings. The van der Waals surface area contributed by atoms with E-state index in [4.69, 9.17) is 5.26 Å². The Balaban J connectivity index is 3.05. The van der Waals surface area contributed by atoms with Crippen LogP contribution in [0.2, 0.25) is 0 Å². The Bertz CT molecular complexity index is 443. The van der Waals surface area contributed by atoms with E-state index in [-0.39, 0.29) is 16.3 Å². The quantitative estimate of drug-likeness (QED) is 0.750. The second-order valence-electron chi connectivity index (χ2n) is 2.81. The number of hydrogen-bond acceptors (Lipinski definition) is 4. The van der Waals surface area contributed by atoms with E-state index >= 15 is 0 Å². The van der Waals surface area contributed by atoms with Crippen molar-refractivity contribution < 1.29 is 8.42 Å². The van der Waals surface area contributed by atoms with Gasteiger partial charge in [-0.05, 0) is 18.6 Å². The first-order valence-corrected chi connectivity index (χ1v) is 5.84. The maximum absolute atomic E-state index is 11.5. The molecule has 0 saturated heterocycles. The van der Waals surface area contributed by atoms with Crippen molar-refractivity contribution in [2.24, 2.45) is 0 Å². The fraction of sp³-hybridized carbons (Fsp3) is 0.333. The van der Waals surface area contributed by atoms with E-state index in [2.05, 4.69) is 4.98 Å². The molecule has 1 heterocycles. The molecule has 0 aliphatic carbocycles. The SMILES string of the molecule is CCCS(=O)(=O)c1ccc(C#N)nc1. The second kappa shape index (κ2) is 4.20. The summed E-state index contributed by atoms with van der Waals surface area (Å²) in [5.74, 6) is 0.112. The van der Waals surface area contributed by atoms with E-state index in [0.29, 0.717) is 6.42 Å². The summed E-state index contributed by atoms with van der Waals surface area (Å²) < 4.78 is 23.0. The second-order valence-corrected chi connectivity index (χ2v) is 4.92. The lowest BCUT2D eigenvalue weighted by Crippen LogP contribution is -2.06. The van der Waals surface area contributed by atoms with Crippen LogP contribution in [0.25, 0.3) is 0 Å². The van der Waals surface area contributed by atoms with Crippen LogP contribution < -0.4 is 0 Å².